The average molecular weight is 393 g/mol. The van der Waals surface area contributed by atoms with Gasteiger partial charge in [0.25, 0.3) is 0 Å². The zero-order valence-corrected chi connectivity index (χ0v) is 17.2. The van der Waals surface area contributed by atoms with Crippen LogP contribution in [0.1, 0.15) is 33.3 Å². The van der Waals surface area contributed by atoms with Gasteiger partial charge in [-0.25, -0.2) is 0 Å². The Morgan fingerprint density at radius 2 is 1.43 bits per heavy atom. The van der Waals surface area contributed by atoms with E-state index in [4.69, 9.17) is 9.31 Å². The van der Waals surface area contributed by atoms with E-state index in [0.717, 1.165) is 0 Å². The van der Waals surface area contributed by atoms with Crippen LogP contribution in [0.5, 0.6) is 0 Å². The Morgan fingerprint density at radius 1 is 0.952 bits per heavy atom. The van der Waals surface area contributed by atoms with Crippen molar-refractivity contribution in [3.05, 3.63) is 41.9 Å². The van der Waals surface area contributed by atoms with E-state index < -0.39 is 18.4 Å². The second kappa shape index (κ2) is 5.75. The first kappa shape index (κ1) is 17.1. The van der Waals surface area contributed by atoms with Gasteiger partial charge in [0.05, 0.1) is 0 Å². The van der Waals surface area contributed by atoms with Crippen molar-refractivity contribution in [1.82, 2.24) is 0 Å². The fourth-order valence-corrected chi connectivity index (χ4v) is 7.25. The van der Waals surface area contributed by atoms with Crippen LogP contribution in [0.15, 0.2) is 36.3 Å². The maximum atomic E-state index is 6.15. The Hall–Kier alpha value is -0.256. The second-order valence-corrected chi connectivity index (χ2v) is 22.2. The summed E-state index contributed by atoms with van der Waals surface area (Å²) in [6.07, 6.45) is 0. The van der Waals surface area contributed by atoms with E-state index in [2.05, 4.69) is 78.8 Å². The van der Waals surface area contributed by atoms with E-state index in [9.17, 15) is 0 Å². The molecule has 0 bridgehead atoms. The molecular weight excluding hydrogens is 366 g/mol. The molecule has 0 amide bonds. The quantitative estimate of drug-likeness (QED) is 0.701. The summed E-state index contributed by atoms with van der Waals surface area (Å²) in [6.45, 7) is 8.40. The summed E-state index contributed by atoms with van der Waals surface area (Å²) in [6, 6.07) is 10.7. The molecule has 2 rings (SSSR count). The molecule has 1 aliphatic rings. The van der Waals surface area contributed by atoms with Gasteiger partial charge in [0.2, 0.25) is 0 Å². The van der Waals surface area contributed by atoms with Crippen LogP contribution in [0.25, 0.3) is 3.59 Å². The van der Waals surface area contributed by atoms with E-state index in [1.165, 1.54) is 9.15 Å². The van der Waals surface area contributed by atoms with Crippen LogP contribution in [0.4, 0.5) is 0 Å². The molecule has 0 atom stereocenters. The molecule has 0 N–H and O–H groups in total. The van der Waals surface area contributed by atoms with Gasteiger partial charge in [0.15, 0.2) is 0 Å². The summed E-state index contributed by atoms with van der Waals surface area (Å²) in [7, 11) is -0.249. The van der Waals surface area contributed by atoms with Gasteiger partial charge in [-0.1, -0.05) is 0 Å². The van der Waals surface area contributed by atoms with Crippen LogP contribution in [0.2, 0.25) is 14.8 Å². The van der Waals surface area contributed by atoms with Crippen molar-refractivity contribution in [2.75, 3.05) is 0 Å². The van der Waals surface area contributed by atoms with Crippen LogP contribution < -0.4 is 0 Å². The van der Waals surface area contributed by atoms with Crippen molar-refractivity contribution < 1.29 is 9.31 Å². The van der Waals surface area contributed by atoms with Gasteiger partial charge in [-0.3, -0.25) is 0 Å². The third-order valence-electron chi connectivity index (χ3n) is 4.47. The number of hydrogen-bond acceptors (Lipinski definition) is 2. The molecule has 1 heterocycles. The standard InChI is InChI=1S/C14H18BO2.3CH3.Sn/c1-13(2)14(3,4)17-15(16-13)11-10-12-8-6-5-7-9-12;;;;/h5-9,11H,1-4H3;3*1H3;. The molecule has 1 saturated heterocycles. The summed E-state index contributed by atoms with van der Waals surface area (Å²) in [5, 5.41) is 0. The predicted molar refractivity (Wildman–Crippen MR) is 93.8 cm³/mol. The Kier molecular flexibility index (Phi) is 4.68. The minimum atomic E-state index is -2.26. The molecular formula is C17H27BO2Sn. The molecule has 0 saturated carbocycles. The third kappa shape index (κ3) is 3.74. The van der Waals surface area contributed by atoms with Crippen molar-refractivity contribution in [1.29, 1.82) is 0 Å². The van der Waals surface area contributed by atoms with Crippen LogP contribution in [0.3, 0.4) is 0 Å². The van der Waals surface area contributed by atoms with Crippen molar-refractivity contribution in [3.63, 3.8) is 0 Å². The maximum absolute atomic E-state index is 6.15. The predicted octanol–water partition coefficient (Wildman–Crippen LogP) is 4.58. The first-order valence-electron chi connectivity index (χ1n) is 7.66. The molecule has 114 valence electrons. The number of hydrogen-bond donors (Lipinski definition) is 0. The van der Waals surface area contributed by atoms with Gasteiger partial charge in [-0.15, -0.1) is 0 Å². The monoisotopic (exact) mass is 394 g/mol. The van der Waals surface area contributed by atoms with Crippen molar-refractivity contribution >= 4 is 29.1 Å². The van der Waals surface area contributed by atoms with Crippen molar-refractivity contribution in [3.8, 4) is 0 Å². The molecule has 21 heavy (non-hydrogen) atoms. The molecule has 0 unspecified atom stereocenters. The van der Waals surface area contributed by atoms with Gasteiger partial charge < -0.3 is 0 Å². The molecule has 0 spiro atoms. The first-order chi connectivity index (χ1) is 9.53. The molecule has 0 aromatic heterocycles. The Labute approximate surface area is 133 Å². The number of benzene rings is 1. The normalized spacial score (nSPS) is 21.7. The number of rotatable bonds is 3. The fraction of sp³-hybridized carbons (Fsp3) is 0.529. The topological polar surface area (TPSA) is 18.5 Å². The van der Waals surface area contributed by atoms with Crippen LogP contribution in [0, 0.1) is 0 Å². The van der Waals surface area contributed by atoms with E-state index >= 15 is 0 Å². The zero-order chi connectivity index (χ0) is 15.9. The summed E-state index contributed by atoms with van der Waals surface area (Å²) >= 11 is -2.26. The van der Waals surface area contributed by atoms with Gasteiger partial charge in [-0.05, 0) is 0 Å². The molecule has 1 aromatic rings. The van der Waals surface area contributed by atoms with Crippen molar-refractivity contribution in [2.24, 2.45) is 0 Å². The molecule has 0 radical (unpaired) electrons. The summed E-state index contributed by atoms with van der Waals surface area (Å²) in [4.78, 5) is 7.29. The third-order valence-corrected chi connectivity index (χ3v) is 10.4. The van der Waals surface area contributed by atoms with Gasteiger partial charge in [0.1, 0.15) is 0 Å². The molecule has 2 nitrogen and oxygen atoms in total. The summed E-state index contributed by atoms with van der Waals surface area (Å²) < 4.78 is 13.8. The second-order valence-electron chi connectivity index (χ2n) is 7.82. The SMILES string of the molecule is CC1(C)OB(/C=[C](/c2ccccc2)[Sn]([CH3])([CH3])[CH3])OC1(C)C. The van der Waals surface area contributed by atoms with E-state index in [0.29, 0.717) is 0 Å². The average Bonchev–Trinajstić information content (AvgIpc) is 2.54. The van der Waals surface area contributed by atoms with E-state index in [1.807, 2.05) is 0 Å². The molecule has 0 aliphatic carbocycles. The summed E-state index contributed by atoms with van der Waals surface area (Å²) in [5.74, 6) is 2.22. The first-order valence-corrected chi connectivity index (χ1v) is 17.7. The fourth-order valence-electron chi connectivity index (χ4n) is 2.49. The van der Waals surface area contributed by atoms with Crippen LogP contribution >= 0.6 is 0 Å². The van der Waals surface area contributed by atoms with Crippen LogP contribution in [-0.4, -0.2) is 36.7 Å². The van der Waals surface area contributed by atoms with Crippen LogP contribution in [-0.2, 0) is 9.31 Å². The zero-order valence-electron chi connectivity index (χ0n) is 14.4. The van der Waals surface area contributed by atoms with E-state index in [1.54, 1.807) is 0 Å². The van der Waals surface area contributed by atoms with Gasteiger partial charge in [0, 0.05) is 0 Å². The summed E-state index contributed by atoms with van der Waals surface area (Å²) in [5.41, 5.74) is 0.766. The Balaban J connectivity index is 2.36. The Morgan fingerprint density at radius 3 is 1.86 bits per heavy atom. The van der Waals surface area contributed by atoms with Gasteiger partial charge >= 0.3 is 134 Å². The molecule has 1 aromatic carbocycles. The molecule has 4 heteroatoms. The van der Waals surface area contributed by atoms with Gasteiger partial charge in [-0.2, -0.15) is 0 Å². The minimum absolute atomic E-state index is 0.249. The van der Waals surface area contributed by atoms with E-state index in [-0.39, 0.29) is 18.3 Å². The molecule has 1 fully saturated rings. The molecule has 1 aliphatic heterocycles. The Bertz CT molecular complexity index is 513. The van der Waals surface area contributed by atoms with Crippen molar-refractivity contribution in [2.45, 2.75) is 53.7 Å².